The Morgan fingerprint density at radius 1 is 1.40 bits per heavy atom. The molecule has 0 saturated heterocycles. The van der Waals surface area contributed by atoms with E-state index in [4.69, 9.17) is 9.47 Å². The van der Waals surface area contributed by atoms with Gasteiger partial charge in [-0.05, 0) is 18.2 Å². The van der Waals surface area contributed by atoms with Gasteiger partial charge in [0, 0.05) is 10.5 Å². The van der Waals surface area contributed by atoms with Crippen LogP contribution in [-0.2, 0) is 0 Å². The molecule has 0 heterocycles. The average Bonchev–Trinajstić information content (AvgIpc) is 2.25. The predicted octanol–water partition coefficient (Wildman–Crippen LogP) is 1.53. The van der Waals surface area contributed by atoms with Gasteiger partial charge in [0.15, 0.2) is 0 Å². The Hall–Kier alpha value is -1.78. The van der Waals surface area contributed by atoms with E-state index in [9.17, 15) is 10.1 Å². The van der Waals surface area contributed by atoms with E-state index in [0.29, 0.717) is 17.1 Å². The van der Waals surface area contributed by atoms with Crippen LogP contribution in [0.15, 0.2) is 18.2 Å². The molecule has 0 saturated carbocycles. The SMILES string of the molecule is COc1ccc(OC)c([CH]C[N+](=O)[O-])c1. The Bertz CT molecular complexity index is 351. The van der Waals surface area contributed by atoms with E-state index >= 15 is 0 Å². The van der Waals surface area contributed by atoms with E-state index in [-0.39, 0.29) is 6.54 Å². The fourth-order valence-electron chi connectivity index (χ4n) is 1.17. The summed E-state index contributed by atoms with van der Waals surface area (Å²) in [5.74, 6) is 1.24. The first kappa shape index (κ1) is 11.3. The second kappa shape index (κ2) is 5.19. The minimum Gasteiger partial charge on any atom is -0.497 e. The standard InChI is InChI=1S/C10H12NO4/c1-14-9-3-4-10(15-2)8(7-9)5-6-11(12)13/h3-5,7H,6H2,1-2H3. The molecule has 5 nitrogen and oxygen atoms in total. The number of ether oxygens (including phenoxy) is 2. The predicted molar refractivity (Wildman–Crippen MR) is 54.8 cm³/mol. The van der Waals surface area contributed by atoms with Gasteiger partial charge in [0.1, 0.15) is 11.5 Å². The van der Waals surface area contributed by atoms with Crippen molar-refractivity contribution in [1.82, 2.24) is 0 Å². The molecule has 0 unspecified atom stereocenters. The van der Waals surface area contributed by atoms with E-state index in [1.54, 1.807) is 25.3 Å². The largest absolute Gasteiger partial charge is 0.497 e. The van der Waals surface area contributed by atoms with Crippen molar-refractivity contribution in [2.75, 3.05) is 20.8 Å². The molecule has 1 radical (unpaired) electrons. The summed E-state index contributed by atoms with van der Waals surface area (Å²) in [6, 6.07) is 5.15. The van der Waals surface area contributed by atoms with Crippen molar-refractivity contribution >= 4 is 0 Å². The number of nitro groups is 1. The molecule has 0 aliphatic carbocycles. The summed E-state index contributed by atoms with van der Waals surface area (Å²) >= 11 is 0. The second-order valence-electron chi connectivity index (χ2n) is 2.83. The highest BCUT2D eigenvalue weighted by molar-refractivity contribution is 5.44. The Morgan fingerprint density at radius 2 is 2.13 bits per heavy atom. The van der Waals surface area contributed by atoms with Gasteiger partial charge >= 0.3 is 0 Å². The van der Waals surface area contributed by atoms with Crippen LogP contribution in [-0.4, -0.2) is 25.7 Å². The van der Waals surface area contributed by atoms with E-state index in [2.05, 4.69) is 0 Å². The van der Waals surface area contributed by atoms with E-state index in [1.807, 2.05) is 0 Å². The minimum absolute atomic E-state index is 0.233. The van der Waals surface area contributed by atoms with Crippen LogP contribution in [0.25, 0.3) is 0 Å². The highest BCUT2D eigenvalue weighted by atomic mass is 16.6. The van der Waals surface area contributed by atoms with Crippen LogP contribution in [0.4, 0.5) is 0 Å². The topological polar surface area (TPSA) is 61.6 Å². The van der Waals surface area contributed by atoms with Gasteiger partial charge in [-0.3, -0.25) is 10.1 Å². The molecule has 0 aromatic heterocycles. The molecule has 5 heteroatoms. The van der Waals surface area contributed by atoms with Crippen molar-refractivity contribution in [2.24, 2.45) is 0 Å². The van der Waals surface area contributed by atoms with E-state index < -0.39 is 4.92 Å². The maximum atomic E-state index is 10.2. The fourth-order valence-corrected chi connectivity index (χ4v) is 1.17. The van der Waals surface area contributed by atoms with Crippen LogP contribution < -0.4 is 9.47 Å². The van der Waals surface area contributed by atoms with Crippen molar-refractivity contribution < 1.29 is 14.4 Å². The van der Waals surface area contributed by atoms with Crippen LogP contribution in [0, 0.1) is 16.5 Å². The van der Waals surface area contributed by atoms with Crippen LogP contribution in [0.3, 0.4) is 0 Å². The van der Waals surface area contributed by atoms with Crippen molar-refractivity contribution in [1.29, 1.82) is 0 Å². The molecule has 0 spiro atoms. The molecule has 1 aromatic carbocycles. The van der Waals surface area contributed by atoms with Gasteiger partial charge in [-0.1, -0.05) is 0 Å². The second-order valence-corrected chi connectivity index (χ2v) is 2.83. The van der Waals surface area contributed by atoms with Gasteiger partial charge in [-0.15, -0.1) is 0 Å². The van der Waals surface area contributed by atoms with Crippen molar-refractivity contribution in [3.8, 4) is 11.5 Å². The van der Waals surface area contributed by atoms with Gasteiger partial charge in [-0.25, -0.2) is 0 Å². The lowest BCUT2D eigenvalue weighted by Crippen LogP contribution is -2.03. The molecular formula is C10H12NO4. The lowest BCUT2D eigenvalue weighted by atomic mass is 10.1. The first-order valence-corrected chi connectivity index (χ1v) is 4.34. The van der Waals surface area contributed by atoms with Crippen molar-refractivity contribution in [3.63, 3.8) is 0 Å². The summed E-state index contributed by atoms with van der Waals surface area (Å²) < 4.78 is 10.1. The zero-order valence-electron chi connectivity index (χ0n) is 8.60. The fraction of sp³-hybridized carbons (Fsp3) is 0.300. The van der Waals surface area contributed by atoms with Crippen LogP contribution in [0.5, 0.6) is 11.5 Å². The number of rotatable bonds is 5. The minimum atomic E-state index is -0.404. The molecular weight excluding hydrogens is 198 g/mol. The summed E-state index contributed by atoms with van der Waals surface area (Å²) in [6.45, 7) is -0.233. The summed E-state index contributed by atoms with van der Waals surface area (Å²) in [4.78, 5) is 9.83. The van der Waals surface area contributed by atoms with Gasteiger partial charge in [-0.2, -0.15) is 0 Å². The van der Waals surface area contributed by atoms with Gasteiger partial charge < -0.3 is 9.47 Å². The molecule has 81 valence electrons. The molecule has 0 aliphatic heterocycles. The van der Waals surface area contributed by atoms with Gasteiger partial charge in [0.05, 0.1) is 20.6 Å². The summed E-state index contributed by atoms with van der Waals surface area (Å²) in [5.41, 5.74) is 0.661. The van der Waals surface area contributed by atoms with E-state index in [0.717, 1.165) is 0 Å². The smallest absolute Gasteiger partial charge is 0.211 e. The normalized spacial score (nSPS) is 9.73. The van der Waals surface area contributed by atoms with Crippen molar-refractivity contribution in [3.05, 3.63) is 40.3 Å². The third kappa shape index (κ3) is 3.12. The highest BCUT2D eigenvalue weighted by Crippen LogP contribution is 2.25. The highest BCUT2D eigenvalue weighted by Gasteiger charge is 2.08. The molecule has 0 atom stereocenters. The summed E-state index contributed by atoms with van der Waals surface area (Å²) in [7, 11) is 3.06. The Kier molecular flexibility index (Phi) is 3.91. The first-order valence-electron chi connectivity index (χ1n) is 4.34. The molecule has 0 amide bonds. The number of benzene rings is 1. The summed E-state index contributed by atoms with van der Waals surface area (Å²) in [5, 5.41) is 10.2. The zero-order valence-corrected chi connectivity index (χ0v) is 8.60. The lowest BCUT2D eigenvalue weighted by molar-refractivity contribution is -0.471. The Labute approximate surface area is 87.8 Å². The molecule has 15 heavy (non-hydrogen) atoms. The number of hydrogen-bond acceptors (Lipinski definition) is 4. The number of hydrogen-bond donors (Lipinski definition) is 0. The van der Waals surface area contributed by atoms with Crippen molar-refractivity contribution in [2.45, 2.75) is 0 Å². The molecule has 0 N–H and O–H groups in total. The molecule has 1 aromatic rings. The molecule has 0 aliphatic rings. The third-order valence-corrected chi connectivity index (χ3v) is 1.90. The van der Waals surface area contributed by atoms with Crippen LogP contribution >= 0.6 is 0 Å². The van der Waals surface area contributed by atoms with Gasteiger partial charge in [0.25, 0.3) is 0 Å². The maximum Gasteiger partial charge on any atom is 0.211 e. The number of nitrogens with zero attached hydrogens (tertiary/aromatic N) is 1. The molecule has 0 fully saturated rings. The monoisotopic (exact) mass is 210 g/mol. The third-order valence-electron chi connectivity index (χ3n) is 1.90. The van der Waals surface area contributed by atoms with Gasteiger partial charge in [0.2, 0.25) is 6.54 Å². The van der Waals surface area contributed by atoms with E-state index in [1.165, 1.54) is 13.5 Å². The average molecular weight is 210 g/mol. The molecule has 0 bridgehead atoms. The zero-order chi connectivity index (χ0) is 11.3. The first-order chi connectivity index (χ1) is 7.17. The maximum absolute atomic E-state index is 10.2. The quantitative estimate of drug-likeness (QED) is 0.546. The Morgan fingerprint density at radius 3 is 2.67 bits per heavy atom. The van der Waals surface area contributed by atoms with Crippen LogP contribution in [0.2, 0.25) is 0 Å². The number of methoxy groups -OCH3 is 2. The molecule has 1 rings (SSSR count). The van der Waals surface area contributed by atoms with Crippen LogP contribution in [0.1, 0.15) is 5.56 Å². The Balaban J connectivity index is 2.85. The lowest BCUT2D eigenvalue weighted by Gasteiger charge is -2.08. The summed E-state index contributed by atoms with van der Waals surface area (Å²) in [6.07, 6.45) is 1.49.